The number of halogens is 1. The number of nitrogens with zero attached hydrogens (tertiary/aromatic N) is 1. The van der Waals surface area contributed by atoms with Gasteiger partial charge in [-0.15, -0.1) is 0 Å². The van der Waals surface area contributed by atoms with Crippen molar-refractivity contribution >= 4 is 22.4 Å². The summed E-state index contributed by atoms with van der Waals surface area (Å²) in [6.45, 7) is 0. The van der Waals surface area contributed by atoms with Gasteiger partial charge in [0.05, 0.1) is 12.5 Å². The zero-order chi connectivity index (χ0) is 17.2. The molecular weight excluding hydrogens is 343 g/mol. The molecule has 4 aromatic rings. The zero-order valence-electron chi connectivity index (χ0n) is 12.7. The lowest BCUT2D eigenvalue weighted by Gasteiger charge is -2.01. The molecule has 0 saturated heterocycles. The van der Waals surface area contributed by atoms with Crippen LogP contribution in [0.4, 0.5) is 9.52 Å². The third-order valence-corrected chi connectivity index (χ3v) is 4.44. The molecule has 5 nitrogen and oxygen atoms in total. The lowest BCUT2D eigenvalue weighted by molar-refractivity contribution is 0.102. The van der Waals surface area contributed by atoms with Crippen molar-refractivity contribution in [3.8, 4) is 22.1 Å². The van der Waals surface area contributed by atoms with E-state index in [9.17, 15) is 9.18 Å². The van der Waals surface area contributed by atoms with Gasteiger partial charge in [0, 0.05) is 5.56 Å². The number of anilines is 1. The van der Waals surface area contributed by atoms with Crippen molar-refractivity contribution in [2.75, 3.05) is 5.32 Å². The molecule has 0 aliphatic rings. The second kappa shape index (κ2) is 6.37. The molecule has 7 heteroatoms. The third kappa shape index (κ3) is 3.09. The monoisotopic (exact) mass is 354 g/mol. The maximum absolute atomic E-state index is 13.0. The van der Waals surface area contributed by atoms with Gasteiger partial charge in [-0.05, 0) is 48.5 Å². The number of carbonyl (C=O) groups excluding carboxylic acids is 1. The van der Waals surface area contributed by atoms with E-state index in [1.807, 2.05) is 6.07 Å². The van der Waals surface area contributed by atoms with Gasteiger partial charge in [0.15, 0.2) is 10.9 Å². The van der Waals surface area contributed by atoms with Gasteiger partial charge in [0.2, 0.25) is 0 Å². The predicted molar refractivity (Wildman–Crippen MR) is 91.9 cm³/mol. The van der Waals surface area contributed by atoms with E-state index in [0.717, 1.165) is 4.88 Å². The molecule has 1 N–H and O–H groups in total. The summed E-state index contributed by atoms with van der Waals surface area (Å²) < 4.78 is 23.9. The number of benzene rings is 1. The fourth-order valence-electron chi connectivity index (χ4n) is 2.30. The minimum absolute atomic E-state index is 0.343. The highest BCUT2D eigenvalue weighted by Crippen LogP contribution is 2.39. The molecule has 1 aromatic carbocycles. The third-order valence-electron chi connectivity index (χ3n) is 3.45. The summed E-state index contributed by atoms with van der Waals surface area (Å²) >= 11 is 1.27. The standard InChI is InChI=1S/C18H11FN2O3S/c19-12-7-5-11(6-8-12)17(22)21-18-20-15(13-3-1-9-23-13)16(25-18)14-4-2-10-24-14/h1-10H,(H,20,21,22). The minimum atomic E-state index is -0.397. The van der Waals surface area contributed by atoms with Crippen molar-refractivity contribution in [1.82, 2.24) is 4.98 Å². The number of furan rings is 2. The number of rotatable bonds is 4. The minimum Gasteiger partial charge on any atom is -0.463 e. The molecule has 4 rings (SSSR count). The van der Waals surface area contributed by atoms with Crippen LogP contribution in [0.1, 0.15) is 10.4 Å². The topological polar surface area (TPSA) is 68.3 Å². The molecule has 0 atom stereocenters. The highest BCUT2D eigenvalue weighted by Gasteiger charge is 2.20. The molecule has 3 aromatic heterocycles. The first-order valence-electron chi connectivity index (χ1n) is 7.36. The highest BCUT2D eigenvalue weighted by molar-refractivity contribution is 7.19. The Balaban J connectivity index is 1.68. The van der Waals surface area contributed by atoms with Gasteiger partial charge in [-0.3, -0.25) is 10.1 Å². The van der Waals surface area contributed by atoms with E-state index in [1.54, 1.807) is 30.7 Å². The van der Waals surface area contributed by atoms with E-state index in [0.29, 0.717) is 27.9 Å². The largest absolute Gasteiger partial charge is 0.463 e. The maximum atomic E-state index is 13.0. The number of carbonyl (C=O) groups is 1. The summed E-state index contributed by atoms with van der Waals surface area (Å²) in [7, 11) is 0. The number of thiazole rings is 1. The van der Waals surface area contributed by atoms with E-state index >= 15 is 0 Å². The van der Waals surface area contributed by atoms with Crippen LogP contribution in [0, 0.1) is 5.82 Å². The summed E-state index contributed by atoms with van der Waals surface area (Å²) in [6, 6.07) is 12.4. The number of aromatic nitrogens is 1. The van der Waals surface area contributed by atoms with E-state index in [1.165, 1.54) is 35.6 Å². The SMILES string of the molecule is O=C(Nc1nc(-c2ccco2)c(-c2ccco2)s1)c1ccc(F)cc1. The number of nitrogens with one attached hydrogen (secondary N) is 1. The zero-order valence-corrected chi connectivity index (χ0v) is 13.5. The summed E-state index contributed by atoms with van der Waals surface area (Å²) in [5, 5.41) is 3.12. The van der Waals surface area contributed by atoms with E-state index in [2.05, 4.69) is 10.3 Å². The molecule has 0 saturated carbocycles. The Hall–Kier alpha value is -3.19. The average molecular weight is 354 g/mol. The summed E-state index contributed by atoms with van der Waals surface area (Å²) in [6.07, 6.45) is 3.12. The van der Waals surface area contributed by atoms with Crippen LogP contribution in [0.2, 0.25) is 0 Å². The van der Waals surface area contributed by atoms with Gasteiger partial charge in [-0.25, -0.2) is 9.37 Å². The molecule has 1 amide bonds. The second-order valence-corrected chi connectivity index (χ2v) is 6.11. The van der Waals surface area contributed by atoms with Crippen LogP contribution < -0.4 is 5.32 Å². The Morgan fingerprint density at radius 1 is 1.00 bits per heavy atom. The van der Waals surface area contributed by atoms with Crippen molar-refractivity contribution in [1.29, 1.82) is 0 Å². The van der Waals surface area contributed by atoms with Gasteiger partial charge >= 0.3 is 0 Å². The first-order chi connectivity index (χ1) is 12.2. The van der Waals surface area contributed by atoms with Crippen LogP contribution in [0.25, 0.3) is 22.1 Å². The van der Waals surface area contributed by atoms with Crippen LogP contribution in [0.5, 0.6) is 0 Å². The van der Waals surface area contributed by atoms with Gasteiger partial charge in [-0.1, -0.05) is 11.3 Å². The lowest BCUT2D eigenvalue weighted by atomic mass is 10.2. The van der Waals surface area contributed by atoms with Crippen LogP contribution in [-0.2, 0) is 0 Å². The highest BCUT2D eigenvalue weighted by atomic mass is 32.1. The van der Waals surface area contributed by atoms with Crippen LogP contribution >= 0.6 is 11.3 Å². The molecule has 124 valence electrons. The average Bonchev–Trinajstić information content (AvgIpc) is 3.36. The van der Waals surface area contributed by atoms with Crippen molar-refractivity contribution in [2.24, 2.45) is 0 Å². The van der Waals surface area contributed by atoms with Crippen LogP contribution in [0.15, 0.2) is 69.9 Å². The molecular formula is C18H11FN2O3S. The van der Waals surface area contributed by atoms with Gasteiger partial charge in [-0.2, -0.15) is 0 Å². The van der Waals surface area contributed by atoms with Crippen molar-refractivity contribution in [3.63, 3.8) is 0 Å². The number of amides is 1. The summed E-state index contributed by atoms with van der Waals surface area (Å²) in [5.41, 5.74) is 0.926. The molecule has 0 spiro atoms. The maximum Gasteiger partial charge on any atom is 0.257 e. The van der Waals surface area contributed by atoms with Gasteiger partial charge < -0.3 is 8.83 Å². The fourth-order valence-corrected chi connectivity index (χ4v) is 3.23. The number of hydrogen-bond donors (Lipinski definition) is 1. The lowest BCUT2D eigenvalue weighted by Crippen LogP contribution is -2.11. The molecule has 3 heterocycles. The number of hydrogen-bond acceptors (Lipinski definition) is 5. The van der Waals surface area contributed by atoms with E-state index in [-0.39, 0.29) is 5.91 Å². The first-order valence-corrected chi connectivity index (χ1v) is 8.18. The molecule has 0 aliphatic carbocycles. The quantitative estimate of drug-likeness (QED) is 0.556. The smallest absolute Gasteiger partial charge is 0.257 e. The van der Waals surface area contributed by atoms with E-state index < -0.39 is 5.82 Å². The van der Waals surface area contributed by atoms with Gasteiger partial charge in [0.1, 0.15) is 22.1 Å². The summed E-state index contributed by atoms with van der Waals surface area (Å²) in [4.78, 5) is 17.5. The first kappa shape index (κ1) is 15.3. The fraction of sp³-hybridized carbons (Fsp3) is 0. The Morgan fingerprint density at radius 2 is 1.68 bits per heavy atom. The molecule has 0 fully saturated rings. The second-order valence-electron chi connectivity index (χ2n) is 5.11. The Labute approximate surface area is 145 Å². The van der Waals surface area contributed by atoms with Crippen LogP contribution in [0.3, 0.4) is 0 Å². The van der Waals surface area contributed by atoms with E-state index in [4.69, 9.17) is 8.83 Å². The summed E-state index contributed by atoms with van der Waals surface area (Å²) in [5.74, 6) is 0.438. The Kier molecular flexibility index (Phi) is 3.91. The predicted octanol–water partition coefficient (Wildman–Crippen LogP) is 5.05. The molecule has 25 heavy (non-hydrogen) atoms. The normalized spacial score (nSPS) is 10.8. The van der Waals surface area contributed by atoms with Crippen molar-refractivity contribution in [2.45, 2.75) is 0 Å². The van der Waals surface area contributed by atoms with Gasteiger partial charge in [0.25, 0.3) is 5.91 Å². The Morgan fingerprint density at radius 3 is 2.32 bits per heavy atom. The molecule has 0 bridgehead atoms. The molecule has 0 unspecified atom stereocenters. The molecule has 0 radical (unpaired) electrons. The van der Waals surface area contributed by atoms with Crippen LogP contribution in [-0.4, -0.2) is 10.9 Å². The van der Waals surface area contributed by atoms with Crippen molar-refractivity contribution in [3.05, 3.63) is 72.4 Å². The molecule has 0 aliphatic heterocycles. The Bertz CT molecular complexity index is 938. The van der Waals surface area contributed by atoms with Crippen molar-refractivity contribution < 1.29 is 18.0 Å².